The van der Waals surface area contributed by atoms with Gasteiger partial charge in [0.15, 0.2) is 5.82 Å². The summed E-state index contributed by atoms with van der Waals surface area (Å²) in [6.45, 7) is 5.05. The molecule has 0 bridgehead atoms. The topological polar surface area (TPSA) is 38.3 Å². The molecule has 1 rings (SSSR count). The summed E-state index contributed by atoms with van der Waals surface area (Å²) in [5.74, 6) is -1.62. The van der Waals surface area contributed by atoms with Crippen LogP contribution in [-0.2, 0) is 4.74 Å². The second kappa shape index (κ2) is 5.00. The molecule has 0 saturated carbocycles. The summed E-state index contributed by atoms with van der Waals surface area (Å²) in [6.07, 6.45) is -0.796. The zero-order valence-corrected chi connectivity index (χ0v) is 11.2. The van der Waals surface area contributed by atoms with E-state index in [-0.39, 0.29) is 10.2 Å². The van der Waals surface area contributed by atoms with Gasteiger partial charge in [0.05, 0.1) is 10.2 Å². The van der Waals surface area contributed by atoms with Gasteiger partial charge in [-0.15, -0.1) is 0 Å². The second-order valence-electron chi connectivity index (χ2n) is 4.35. The predicted octanol–water partition coefficient (Wildman–Crippen LogP) is 4.07. The van der Waals surface area contributed by atoms with Crippen LogP contribution in [0.1, 0.15) is 20.8 Å². The van der Waals surface area contributed by atoms with Crippen molar-refractivity contribution in [2.24, 2.45) is 0 Å². The molecule has 0 heterocycles. The highest BCUT2D eigenvalue weighted by atomic mass is 79.9. The van der Waals surface area contributed by atoms with Crippen LogP contribution in [0.3, 0.4) is 0 Å². The Balaban J connectivity index is 2.83. The third-order valence-corrected chi connectivity index (χ3v) is 2.40. The fourth-order valence-corrected chi connectivity index (χ4v) is 1.38. The lowest BCUT2D eigenvalue weighted by molar-refractivity contribution is 0.0635. The summed E-state index contributed by atoms with van der Waals surface area (Å²) in [7, 11) is 0. The number of nitrogens with one attached hydrogen (secondary N) is 1. The maximum atomic E-state index is 13.5. The van der Waals surface area contributed by atoms with Crippen molar-refractivity contribution in [3.63, 3.8) is 0 Å². The summed E-state index contributed by atoms with van der Waals surface area (Å²) in [5.41, 5.74) is -0.829. The minimum Gasteiger partial charge on any atom is -0.444 e. The Bertz CT molecular complexity index is 444. The molecule has 1 aromatic rings. The molecule has 1 N–H and O–H groups in total. The number of halogens is 3. The maximum Gasteiger partial charge on any atom is 0.412 e. The normalized spacial score (nSPS) is 11.2. The van der Waals surface area contributed by atoms with Crippen molar-refractivity contribution in [1.82, 2.24) is 0 Å². The number of amides is 1. The maximum absolute atomic E-state index is 13.5. The van der Waals surface area contributed by atoms with Crippen LogP contribution in [0.2, 0.25) is 0 Å². The van der Waals surface area contributed by atoms with E-state index in [1.165, 1.54) is 0 Å². The Morgan fingerprint density at radius 3 is 2.47 bits per heavy atom. The van der Waals surface area contributed by atoms with E-state index in [1.807, 2.05) is 0 Å². The average Bonchev–Trinajstić information content (AvgIpc) is 2.16. The van der Waals surface area contributed by atoms with E-state index < -0.39 is 23.3 Å². The van der Waals surface area contributed by atoms with Crippen molar-refractivity contribution >= 4 is 27.7 Å². The molecule has 94 valence electrons. The number of ether oxygens (including phenoxy) is 1. The Morgan fingerprint density at radius 2 is 1.94 bits per heavy atom. The summed E-state index contributed by atoms with van der Waals surface area (Å²) >= 11 is 2.74. The molecule has 0 aliphatic rings. The molecule has 0 aromatic heterocycles. The lowest BCUT2D eigenvalue weighted by atomic mass is 10.2. The third-order valence-electron chi connectivity index (χ3n) is 1.67. The van der Waals surface area contributed by atoms with Crippen LogP contribution in [0, 0.1) is 11.6 Å². The number of benzene rings is 1. The molecular weight excluding hydrogens is 296 g/mol. The Labute approximate surface area is 106 Å². The van der Waals surface area contributed by atoms with Crippen molar-refractivity contribution < 1.29 is 18.3 Å². The summed E-state index contributed by atoms with van der Waals surface area (Å²) in [5, 5.41) is 2.20. The first kappa shape index (κ1) is 13.9. The van der Waals surface area contributed by atoms with Gasteiger partial charge in [0.1, 0.15) is 11.4 Å². The summed E-state index contributed by atoms with van der Waals surface area (Å²) < 4.78 is 31.0. The number of rotatable bonds is 1. The van der Waals surface area contributed by atoms with Crippen LogP contribution in [0.15, 0.2) is 16.6 Å². The molecule has 0 radical (unpaired) electrons. The van der Waals surface area contributed by atoms with Gasteiger partial charge in [0.2, 0.25) is 0 Å². The van der Waals surface area contributed by atoms with Gasteiger partial charge in [-0.25, -0.2) is 13.6 Å². The van der Waals surface area contributed by atoms with E-state index in [0.717, 1.165) is 12.1 Å². The van der Waals surface area contributed by atoms with Gasteiger partial charge in [-0.1, -0.05) is 0 Å². The Morgan fingerprint density at radius 1 is 1.35 bits per heavy atom. The van der Waals surface area contributed by atoms with Crippen molar-refractivity contribution in [2.45, 2.75) is 26.4 Å². The molecule has 3 nitrogen and oxygen atoms in total. The van der Waals surface area contributed by atoms with Crippen LogP contribution < -0.4 is 5.32 Å². The minimum absolute atomic E-state index is 0.146. The molecule has 0 aliphatic heterocycles. The fraction of sp³-hybridized carbons (Fsp3) is 0.364. The average molecular weight is 308 g/mol. The Hall–Kier alpha value is -1.17. The first-order chi connectivity index (χ1) is 7.70. The van der Waals surface area contributed by atoms with Gasteiger partial charge >= 0.3 is 6.09 Å². The highest BCUT2D eigenvalue weighted by molar-refractivity contribution is 9.10. The first-order valence-electron chi connectivity index (χ1n) is 4.84. The number of carbonyl (C=O) groups is 1. The molecule has 0 atom stereocenters. The summed E-state index contributed by atoms with van der Waals surface area (Å²) in [6, 6.07) is 2.17. The SMILES string of the molecule is CC(C)(C)OC(=O)Nc1ccc(F)c(Br)c1F. The molecule has 1 amide bonds. The highest BCUT2D eigenvalue weighted by Crippen LogP contribution is 2.26. The smallest absolute Gasteiger partial charge is 0.412 e. The molecule has 1 aromatic carbocycles. The van der Waals surface area contributed by atoms with Gasteiger partial charge in [-0.3, -0.25) is 5.32 Å². The van der Waals surface area contributed by atoms with Crippen LogP contribution >= 0.6 is 15.9 Å². The van der Waals surface area contributed by atoms with E-state index in [1.54, 1.807) is 20.8 Å². The second-order valence-corrected chi connectivity index (χ2v) is 5.14. The van der Waals surface area contributed by atoms with Gasteiger partial charge < -0.3 is 4.74 Å². The molecule has 0 unspecified atom stereocenters. The Kier molecular flexibility index (Phi) is 4.08. The van der Waals surface area contributed by atoms with Crippen LogP contribution in [-0.4, -0.2) is 11.7 Å². The van der Waals surface area contributed by atoms with E-state index in [0.29, 0.717) is 0 Å². The number of carbonyl (C=O) groups excluding carboxylic acids is 1. The van der Waals surface area contributed by atoms with Crippen LogP contribution in [0.25, 0.3) is 0 Å². The van der Waals surface area contributed by atoms with Crippen molar-refractivity contribution in [2.75, 3.05) is 5.32 Å². The largest absolute Gasteiger partial charge is 0.444 e. The molecule has 0 fully saturated rings. The number of hydrogen-bond donors (Lipinski definition) is 1. The zero-order chi connectivity index (χ0) is 13.2. The van der Waals surface area contributed by atoms with Crippen molar-refractivity contribution in [3.05, 3.63) is 28.2 Å². The van der Waals surface area contributed by atoms with Gasteiger partial charge in [-0.2, -0.15) is 0 Å². The molecule has 17 heavy (non-hydrogen) atoms. The first-order valence-corrected chi connectivity index (χ1v) is 5.63. The molecular formula is C11H12BrF2NO2. The van der Waals surface area contributed by atoms with Crippen molar-refractivity contribution in [1.29, 1.82) is 0 Å². The van der Waals surface area contributed by atoms with Gasteiger partial charge in [-0.05, 0) is 48.8 Å². The van der Waals surface area contributed by atoms with E-state index in [9.17, 15) is 13.6 Å². The summed E-state index contributed by atoms with van der Waals surface area (Å²) in [4.78, 5) is 11.4. The zero-order valence-electron chi connectivity index (χ0n) is 9.61. The lowest BCUT2D eigenvalue weighted by Gasteiger charge is -2.19. The van der Waals surface area contributed by atoms with Crippen molar-refractivity contribution in [3.8, 4) is 0 Å². The minimum atomic E-state index is -0.879. The molecule has 0 saturated heterocycles. The van der Waals surface area contributed by atoms with Gasteiger partial charge in [0.25, 0.3) is 0 Å². The third kappa shape index (κ3) is 3.96. The molecule has 0 spiro atoms. The van der Waals surface area contributed by atoms with Crippen LogP contribution in [0.4, 0.5) is 19.3 Å². The predicted molar refractivity (Wildman–Crippen MR) is 63.9 cm³/mol. The molecule has 0 aliphatic carbocycles. The monoisotopic (exact) mass is 307 g/mol. The number of anilines is 1. The van der Waals surface area contributed by atoms with Crippen LogP contribution in [0.5, 0.6) is 0 Å². The quantitative estimate of drug-likeness (QED) is 0.794. The molecule has 6 heteroatoms. The standard InChI is InChI=1S/C11H12BrF2NO2/c1-11(2,3)17-10(16)15-7-5-4-6(13)8(12)9(7)14/h4-5H,1-3H3,(H,15,16). The van der Waals surface area contributed by atoms with E-state index in [4.69, 9.17) is 4.74 Å². The fourth-order valence-electron chi connectivity index (χ4n) is 1.04. The lowest BCUT2D eigenvalue weighted by Crippen LogP contribution is -2.27. The van der Waals surface area contributed by atoms with E-state index >= 15 is 0 Å². The van der Waals surface area contributed by atoms with E-state index in [2.05, 4.69) is 21.2 Å². The van der Waals surface area contributed by atoms with Gasteiger partial charge in [0, 0.05) is 0 Å². The number of hydrogen-bond acceptors (Lipinski definition) is 2. The highest BCUT2D eigenvalue weighted by Gasteiger charge is 2.18.